The fourth-order valence-electron chi connectivity index (χ4n) is 2.25. The Labute approximate surface area is 149 Å². The van der Waals surface area contributed by atoms with Crippen LogP contribution in [0.1, 0.15) is 26.3 Å². The number of terminal acetylenes is 1. The highest BCUT2D eigenvalue weighted by Crippen LogP contribution is 2.28. The molecule has 1 heterocycles. The maximum Gasteiger partial charge on any atom is 0.326 e. The number of nitrogens with zero attached hydrogens (tertiary/aromatic N) is 2. The second kappa shape index (κ2) is 10.1. The summed E-state index contributed by atoms with van der Waals surface area (Å²) in [6, 6.07) is 4.20. The maximum atomic E-state index is 14.1. The molecule has 1 aromatic carbocycles. The van der Waals surface area contributed by atoms with E-state index in [1.54, 1.807) is 40.1 Å². The molecule has 5 nitrogen and oxygen atoms in total. The average Bonchev–Trinajstić information content (AvgIpc) is 2.98. The zero-order valence-corrected chi connectivity index (χ0v) is 15.7. The number of likely N-dealkylation sites (N-methyl/N-ethyl adjacent to an activating group) is 1. The Hall–Kier alpha value is -2.81. The minimum Gasteiger partial charge on any atom is -0.345 e. The summed E-state index contributed by atoms with van der Waals surface area (Å²) in [4.78, 5) is 26.7. The molecule has 1 N–H and O–H groups in total. The Morgan fingerprint density at radius 2 is 1.84 bits per heavy atom. The Balaban J connectivity index is 0.00000134. The standard InChI is InChI=1S/C15H18FN3O2.C2H6.C2H2/c1-9-5-6-12(11(16)7-9)19-13(8-17-15(19)21)10(2)14(20)18(3)4;2*1-2/h5-7H,8H2,1-4H3,(H,17,21);1-2H3;1-2H/b13-10+;;. The van der Waals surface area contributed by atoms with Crippen LogP contribution < -0.4 is 10.2 Å². The monoisotopic (exact) mass is 347 g/mol. The summed E-state index contributed by atoms with van der Waals surface area (Å²) < 4.78 is 14.1. The van der Waals surface area contributed by atoms with Crippen LogP contribution in [0.5, 0.6) is 0 Å². The van der Waals surface area contributed by atoms with Crippen molar-refractivity contribution in [1.29, 1.82) is 0 Å². The van der Waals surface area contributed by atoms with Crippen LogP contribution >= 0.6 is 0 Å². The first kappa shape index (κ1) is 22.2. The van der Waals surface area contributed by atoms with Crippen molar-refractivity contribution in [2.24, 2.45) is 0 Å². The highest BCUT2D eigenvalue weighted by molar-refractivity contribution is 6.03. The van der Waals surface area contributed by atoms with Crippen LogP contribution in [0.25, 0.3) is 0 Å². The minimum absolute atomic E-state index is 0.150. The maximum absolute atomic E-state index is 14.1. The van der Waals surface area contributed by atoms with E-state index < -0.39 is 11.8 Å². The highest BCUT2D eigenvalue weighted by Gasteiger charge is 2.32. The molecule has 1 fully saturated rings. The molecule has 0 aromatic heterocycles. The predicted octanol–water partition coefficient (Wildman–Crippen LogP) is 3.30. The Morgan fingerprint density at radius 1 is 1.28 bits per heavy atom. The van der Waals surface area contributed by atoms with Crippen LogP contribution in [0.4, 0.5) is 14.9 Å². The number of carbonyl (C=O) groups is 2. The van der Waals surface area contributed by atoms with Gasteiger partial charge in [0.25, 0.3) is 5.91 Å². The molecule has 0 aliphatic carbocycles. The largest absolute Gasteiger partial charge is 0.345 e. The molecule has 1 aliphatic heterocycles. The van der Waals surface area contributed by atoms with Crippen LogP contribution in [-0.4, -0.2) is 37.5 Å². The molecule has 1 aromatic rings. The van der Waals surface area contributed by atoms with Gasteiger partial charge in [0.05, 0.1) is 17.9 Å². The van der Waals surface area contributed by atoms with E-state index in [1.807, 2.05) is 13.8 Å². The number of carbonyl (C=O) groups excluding carboxylic acids is 2. The van der Waals surface area contributed by atoms with Crippen molar-refractivity contribution in [2.45, 2.75) is 27.7 Å². The number of anilines is 1. The molecule has 25 heavy (non-hydrogen) atoms. The molecule has 0 radical (unpaired) electrons. The van der Waals surface area contributed by atoms with Crippen molar-refractivity contribution in [3.63, 3.8) is 0 Å². The van der Waals surface area contributed by atoms with Gasteiger partial charge in [-0.25, -0.2) is 9.18 Å². The van der Waals surface area contributed by atoms with E-state index in [-0.39, 0.29) is 18.1 Å². The van der Waals surface area contributed by atoms with E-state index in [4.69, 9.17) is 0 Å². The molecule has 0 saturated carbocycles. The Bertz CT molecular complexity index is 678. The molecular formula is C19H26FN3O2. The first-order valence-corrected chi connectivity index (χ1v) is 7.91. The lowest BCUT2D eigenvalue weighted by Crippen LogP contribution is -2.30. The van der Waals surface area contributed by atoms with Crippen molar-refractivity contribution in [3.8, 4) is 12.8 Å². The Kier molecular flexibility index (Phi) is 9.00. The quantitative estimate of drug-likeness (QED) is 0.659. The fraction of sp³-hybridized carbons (Fsp3) is 0.368. The number of rotatable bonds is 2. The molecule has 0 spiro atoms. The van der Waals surface area contributed by atoms with Crippen LogP contribution in [0.3, 0.4) is 0 Å². The molecule has 1 saturated heterocycles. The predicted molar refractivity (Wildman–Crippen MR) is 99.6 cm³/mol. The second-order valence-corrected chi connectivity index (χ2v) is 5.22. The third kappa shape index (κ3) is 5.08. The molecule has 0 atom stereocenters. The zero-order chi connectivity index (χ0) is 19.7. The summed E-state index contributed by atoms with van der Waals surface area (Å²) in [6.07, 6.45) is 8.00. The summed E-state index contributed by atoms with van der Waals surface area (Å²) in [6.45, 7) is 7.61. The molecule has 0 bridgehead atoms. The molecular weight excluding hydrogens is 321 g/mol. The van der Waals surface area contributed by atoms with Crippen LogP contribution in [0.2, 0.25) is 0 Å². The van der Waals surface area contributed by atoms with E-state index in [9.17, 15) is 14.0 Å². The number of nitrogens with one attached hydrogen (secondary N) is 1. The topological polar surface area (TPSA) is 52.7 Å². The molecule has 6 heteroatoms. The van der Waals surface area contributed by atoms with Crippen molar-refractivity contribution in [2.75, 3.05) is 25.5 Å². The van der Waals surface area contributed by atoms with Crippen LogP contribution in [0.15, 0.2) is 29.5 Å². The molecule has 1 aliphatic rings. The van der Waals surface area contributed by atoms with Gasteiger partial charge < -0.3 is 10.2 Å². The third-order valence-corrected chi connectivity index (χ3v) is 3.38. The molecule has 3 amide bonds. The van der Waals surface area contributed by atoms with E-state index in [2.05, 4.69) is 18.2 Å². The van der Waals surface area contributed by atoms with Gasteiger partial charge in [0, 0.05) is 19.7 Å². The first-order chi connectivity index (χ1) is 11.8. The number of hydrogen-bond acceptors (Lipinski definition) is 2. The van der Waals surface area contributed by atoms with Crippen molar-refractivity contribution >= 4 is 17.6 Å². The number of amides is 3. The summed E-state index contributed by atoms with van der Waals surface area (Å²) >= 11 is 0. The lowest BCUT2D eigenvalue weighted by atomic mass is 10.1. The van der Waals surface area contributed by atoms with Gasteiger partial charge in [0.15, 0.2) is 0 Å². The molecule has 2 rings (SSSR count). The molecule has 0 unspecified atom stereocenters. The number of benzene rings is 1. The number of urea groups is 1. The van der Waals surface area contributed by atoms with Crippen molar-refractivity contribution in [1.82, 2.24) is 10.2 Å². The van der Waals surface area contributed by atoms with E-state index in [0.29, 0.717) is 11.3 Å². The van der Waals surface area contributed by atoms with E-state index in [0.717, 1.165) is 5.56 Å². The smallest absolute Gasteiger partial charge is 0.326 e. The van der Waals surface area contributed by atoms with Gasteiger partial charge >= 0.3 is 6.03 Å². The third-order valence-electron chi connectivity index (χ3n) is 3.38. The van der Waals surface area contributed by atoms with Gasteiger partial charge in [-0.3, -0.25) is 9.69 Å². The van der Waals surface area contributed by atoms with Crippen molar-refractivity contribution < 1.29 is 14.0 Å². The normalized spacial score (nSPS) is 14.4. The van der Waals surface area contributed by atoms with Gasteiger partial charge in [0.2, 0.25) is 0 Å². The lowest BCUT2D eigenvalue weighted by molar-refractivity contribution is -0.124. The average molecular weight is 347 g/mol. The summed E-state index contributed by atoms with van der Waals surface area (Å²) in [7, 11) is 3.26. The van der Waals surface area contributed by atoms with Gasteiger partial charge in [-0.15, -0.1) is 12.8 Å². The fourth-order valence-corrected chi connectivity index (χ4v) is 2.25. The number of aryl methyl sites for hydroxylation is 1. The number of halogens is 1. The number of hydrogen-bond donors (Lipinski definition) is 1. The minimum atomic E-state index is -0.491. The lowest BCUT2D eigenvalue weighted by Gasteiger charge is -2.20. The summed E-state index contributed by atoms with van der Waals surface area (Å²) in [5.74, 6) is -0.700. The van der Waals surface area contributed by atoms with Gasteiger partial charge in [-0.1, -0.05) is 19.9 Å². The van der Waals surface area contributed by atoms with Crippen LogP contribution in [-0.2, 0) is 4.79 Å². The van der Waals surface area contributed by atoms with E-state index in [1.165, 1.54) is 15.9 Å². The van der Waals surface area contributed by atoms with Gasteiger partial charge in [-0.05, 0) is 31.5 Å². The highest BCUT2D eigenvalue weighted by atomic mass is 19.1. The van der Waals surface area contributed by atoms with Crippen molar-refractivity contribution in [3.05, 3.63) is 40.8 Å². The first-order valence-electron chi connectivity index (χ1n) is 7.91. The molecule has 136 valence electrons. The van der Waals surface area contributed by atoms with Crippen LogP contribution in [0, 0.1) is 25.6 Å². The SMILES string of the molecule is C#C.C/C(C(=O)N(C)C)=C1/CNC(=O)N1c1ccc(C)cc1F.CC. The summed E-state index contributed by atoms with van der Waals surface area (Å²) in [5.41, 5.74) is 1.80. The summed E-state index contributed by atoms with van der Waals surface area (Å²) in [5, 5.41) is 2.63. The Morgan fingerprint density at radius 3 is 2.32 bits per heavy atom. The van der Waals surface area contributed by atoms with E-state index >= 15 is 0 Å². The van der Waals surface area contributed by atoms with Gasteiger partial charge in [0.1, 0.15) is 5.82 Å². The van der Waals surface area contributed by atoms with Gasteiger partial charge in [-0.2, -0.15) is 0 Å². The zero-order valence-electron chi connectivity index (χ0n) is 15.7. The second-order valence-electron chi connectivity index (χ2n) is 5.22.